The highest BCUT2D eigenvalue weighted by Crippen LogP contribution is 2.16. The summed E-state index contributed by atoms with van der Waals surface area (Å²) in [5, 5.41) is 2.48. The highest BCUT2D eigenvalue weighted by atomic mass is 35.5. The highest BCUT2D eigenvalue weighted by Gasteiger charge is 2.39. The maximum absolute atomic E-state index is 12.2. The number of amides is 1. The van der Waals surface area contributed by atoms with Gasteiger partial charge in [-0.25, -0.2) is 14.4 Å². The number of esters is 3. The highest BCUT2D eigenvalue weighted by molar-refractivity contribution is 6.53. The van der Waals surface area contributed by atoms with Crippen LogP contribution >= 0.6 is 69.6 Å². The van der Waals surface area contributed by atoms with Crippen molar-refractivity contribution in [1.82, 2.24) is 5.32 Å². The third-order valence-corrected chi connectivity index (χ3v) is 3.99. The van der Waals surface area contributed by atoms with E-state index in [1.54, 1.807) is 13.8 Å². The van der Waals surface area contributed by atoms with Gasteiger partial charge in [0.15, 0.2) is 0 Å². The minimum atomic E-state index is -1.73. The molecule has 0 rings (SSSR count). The molecule has 28 heavy (non-hydrogen) atoms. The van der Waals surface area contributed by atoms with Crippen molar-refractivity contribution >= 4 is 93.4 Å². The monoisotopic (exact) mass is 521 g/mol. The first kappa shape index (κ1) is 27.6. The second-order valence-corrected chi connectivity index (χ2v) is 8.94. The molecular weight excluding hydrogens is 507 g/mol. The van der Waals surface area contributed by atoms with Gasteiger partial charge < -0.3 is 19.5 Å². The lowest BCUT2D eigenvalue weighted by Crippen LogP contribution is -2.60. The van der Waals surface area contributed by atoms with Crippen molar-refractivity contribution in [3.8, 4) is 0 Å². The van der Waals surface area contributed by atoms with Crippen LogP contribution in [-0.2, 0) is 33.4 Å². The minimum absolute atomic E-state index is 0.530. The molecule has 0 aliphatic carbocycles. The Morgan fingerprint density at radius 3 is 1.21 bits per heavy atom. The van der Waals surface area contributed by atoms with E-state index in [9.17, 15) is 19.2 Å². The summed E-state index contributed by atoms with van der Waals surface area (Å²) in [6.07, 6.45) is 0. The topological polar surface area (TPSA) is 108 Å². The lowest BCUT2D eigenvalue weighted by atomic mass is 10.0. The Labute approximate surface area is 191 Å². The second-order valence-electron chi connectivity index (χ2n) is 5.65. The van der Waals surface area contributed by atoms with Gasteiger partial charge in [0.2, 0.25) is 20.4 Å². The summed E-state index contributed by atoms with van der Waals surface area (Å²) in [6.45, 7) is 1.24. The molecule has 0 radical (unpaired) electrons. The molecule has 0 bridgehead atoms. The Hall–Kier alpha value is -0.380. The van der Waals surface area contributed by atoms with Crippen LogP contribution in [0.5, 0.6) is 0 Å². The van der Waals surface area contributed by atoms with E-state index in [1.165, 1.54) is 0 Å². The zero-order chi connectivity index (χ0) is 22.1. The van der Waals surface area contributed by atoms with E-state index in [2.05, 4.69) is 5.32 Å². The molecule has 0 saturated heterocycles. The van der Waals surface area contributed by atoms with Crippen molar-refractivity contribution in [1.29, 1.82) is 0 Å². The largest absolute Gasteiger partial charge is 0.461 e. The van der Waals surface area contributed by atoms with E-state index in [1.807, 2.05) is 0 Å². The molecule has 0 aromatic carbocycles. The first-order chi connectivity index (χ1) is 12.8. The lowest BCUT2D eigenvalue weighted by Gasteiger charge is -2.34. The first-order valence-corrected chi connectivity index (χ1v) is 10.1. The SMILES string of the molecule is CC(C)C(=O)NC(COC(=O)C(Cl)Cl)(COC(=O)C(Cl)Cl)COC(=O)C(Cl)Cl. The zero-order valence-corrected chi connectivity index (χ0v) is 19.1. The van der Waals surface area contributed by atoms with Crippen LogP contribution in [0.25, 0.3) is 0 Å². The van der Waals surface area contributed by atoms with Crippen LogP contribution in [0.4, 0.5) is 0 Å². The average Bonchev–Trinajstić information content (AvgIpc) is 2.61. The fourth-order valence-electron chi connectivity index (χ4n) is 1.46. The number of hydrogen-bond donors (Lipinski definition) is 1. The van der Waals surface area contributed by atoms with Gasteiger partial charge in [-0.2, -0.15) is 0 Å². The Kier molecular flexibility index (Phi) is 12.9. The molecule has 14 heteroatoms. The summed E-state index contributed by atoms with van der Waals surface area (Å²) in [7, 11) is 0. The lowest BCUT2D eigenvalue weighted by molar-refractivity contribution is -0.157. The minimum Gasteiger partial charge on any atom is -0.461 e. The van der Waals surface area contributed by atoms with Crippen LogP contribution in [0.2, 0.25) is 0 Å². The number of alkyl halides is 6. The summed E-state index contributed by atoms with van der Waals surface area (Å²) in [5.41, 5.74) is -1.73. The van der Waals surface area contributed by atoms with E-state index in [0.29, 0.717) is 0 Å². The predicted molar refractivity (Wildman–Crippen MR) is 105 cm³/mol. The molecule has 0 atom stereocenters. The molecule has 0 aromatic heterocycles. The molecule has 1 N–H and O–H groups in total. The first-order valence-electron chi connectivity index (χ1n) is 7.47. The predicted octanol–water partition coefficient (Wildman–Crippen LogP) is 2.54. The Bertz CT molecular complexity index is 511. The Morgan fingerprint density at radius 1 is 0.714 bits per heavy atom. The fourth-order valence-corrected chi connectivity index (χ4v) is 1.83. The van der Waals surface area contributed by atoms with Gasteiger partial charge in [-0.3, -0.25) is 4.79 Å². The number of halogens is 6. The maximum Gasteiger partial charge on any atom is 0.339 e. The van der Waals surface area contributed by atoms with E-state index in [-0.39, 0.29) is 0 Å². The summed E-state index contributed by atoms with van der Waals surface area (Å²) in [5.74, 6) is -4.23. The molecule has 1 amide bonds. The summed E-state index contributed by atoms with van der Waals surface area (Å²) >= 11 is 32.5. The fraction of sp³-hybridized carbons (Fsp3) is 0.714. The van der Waals surface area contributed by atoms with Crippen molar-refractivity contribution in [3.63, 3.8) is 0 Å². The van der Waals surface area contributed by atoms with Gasteiger partial charge in [0.05, 0.1) is 0 Å². The molecule has 162 valence electrons. The second kappa shape index (κ2) is 13.0. The Morgan fingerprint density at radius 2 is 1.00 bits per heavy atom. The van der Waals surface area contributed by atoms with Gasteiger partial charge in [0.25, 0.3) is 0 Å². The van der Waals surface area contributed by atoms with E-state index < -0.39 is 69.6 Å². The van der Waals surface area contributed by atoms with Crippen molar-refractivity contribution in [3.05, 3.63) is 0 Å². The van der Waals surface area contributed by atoms with Crippen molar-refractivity contribution < 1.29 is 33.4 Å². The normalized spacial score (nSPS) is 11.7. The van der Waals surface area contributed by atoms with Crippen molar-refractivity contribution in [2.75, 3.05) is 19.8 Å². The number of ether oxygens (including phenoxy) is 3. The Balaban J connectivity index is 5.63. The smallest absolute Gasteiger partial charge is 0.339 e. The van der Waals surface area contributed by atoms with Gasteiger partial charge in [-0.05, 0) is 0 Å². The molecule has 0 unspecified atom stereocenters. The number of rotatable bonds is 11. The average molecular weight is 524 g/mol. The molecule has 0 spiro atoms. The van der Waals surface area contributed by atoms with Crippen molar-refractivity contribution in [2.45, 2.75) is 33.9 Å². The van der Waals surface area contributed by atoms with Gasteiger partial charge in [-0.1, -0.05) is 83.5 Å². The van der Waals surface area contributed by atoms with E-state index in [0.717, 1.165) is 0 Å². The van der Waals surface area contributed by atoms with E-state index in [4.69, 9.17) is 83.8 Å². The molecule has 0 saturated carbocycles. The third-order valence-electron chi connectivity index (χ3n) is 2.92. The molecule has 0 fully saturated rings. The van der Waals surface area contributed by atoms with Gasteiger partial charge in [-0.15, -0.1) is 0 Å². The number of hydrogen-bond acceptors (Lipinski definition) is 7. The number of nitrogens with one attached hydrogen (secondary N) is 1. The summed E-state index contributed by atoms with van der Waals surface area (Å²) in [4.78, 5) is 42.5. The van der Waals surface area contributed by atoms with E-state index >= 15 is 0 Å². The van der Waals surface area contributed by atoms with Crippen LogP contribution in [-0.4, -0.2) is 63.7 Å². The quantitative estimate of drug-likeness (QED) is 0.252. The van der Waals surface area contributed by atoms with Crippen LogP contribution in [0, 0.1) is 5.92 Å². The van der Waals surface area contributed by atoms with Crippen LogP contribution in [0.3, 0.4) is 0 Å². The molecular formula is C14H17Cl6NO7. The molecule has 8 nitrogen and oxygen atoms in total. The molecule has 0 aromatic rings. The number of carbonyl (C=O) groups excluding carboxylic acids is 4. The maximum atomic E-state index is 12.2. The molecule has 0 heterocycles. The molecule has 0 aliphatic rings. The van der Waals surface area contributed by atoms with Crippen LogP contribution in [0.15, 0.2) is 0 Å². The van der Waals surface area contributed by atoms with Crippen LogP contribution in [0.1, 0.15) is 13.8 Å². The zero-order valence-electron chi connectivity index (χ0n) is 14.6. The standard InChI is InChI=1S/C14H17Cl6NO7/c1-6(2)10(22)21-14(3-26-11(23)7(15)16,4-27-12(24)8(17)18)5-28-13(25)9(19)20/h6-9H,3-5H2,1-2H3,(H,21,22). The van der Waals surface area contributed by atoms with Crippen molar-refractivity contribution in [2.24, 2.45) is 5.92 Å². The molecule has 0 aliphatic heterocycles. The van der Waals surface area contributed by atoms with Gasteiger partial charge >= 0.3 is 17.9 Å². The third kappa shape index (κ3) is 10.4. The van der Waals surface area contributed by atoms with Crippen LogP contribution < -0.4 is 5.32 Å². The number of carbonyl (C=O) groups is 4. The summed E-state index contributed by atoms with van der Waals surface area (Å²) < 4.78 is 14.7. The van der Waals surface area contributed by atoms with Gasteiger partial charge in [0, 0.05) is 5.92 Å². The van der Waals surface area contributed by atoms with Gasteiger partial charge in [0.1, 0.15) is 25.4 Å². The summed E-state index contributed by atoms with van der Waals surface area (Å²) in [6, 6.07) is 0.